The molecule has 1 aromatic carbocycles. The number of fused-ring (bicyclic) bond motifs is 1. The number of hydrogen-bond acceptors (Lipinski definition) is 4. The van der Waals surface area contributed by atoms with Gasteiger partial charge in [0.25, 0.3) is 5.91 Å². The number of imide groups is 1. The lowest BCUT2D eigenvalue weighted by Crippen LogP contribution is -2.64. The highest BCUT2D eigenvalue weighted by Gasteiger charge is 2.49. The maximum atomic E-state index is 12.4. The Labute approximate surface area is 140 Å². The minimum atomic E-state index is -0.564. The van der Waals surface area contributed by atoms with Crippen molar-refractivity contribution in [3.05, 3.63) is 35.4 Å². The number of likely N-dealkylation sites (N-methyl/N-ethyl adjacent to an activating group) is 1. The molecule has 0 spiro atoms. The van der Waals surface area contributed by atoms with Gasteiger partial charge in [-0.3, -0.25) is 15.1 Å². The van der Waals surface area contributed by atoms with Gasteiger partial charge in [0, 0.05) is 13.6 Å². The van der Waals surface area contributed by atoms with E-state index in [-0.39, 0.29) is 19.1 Å². The van der Waals surface area contributed by atoms with E-state index < -0.39 is 18.2 Å². The number of hydrogen-bond donors (Lipinski definition) is 3. The van der Waals surface area contributed by atoms with Gasteiger partial charge in [0.1, 0.15) is 6.17 Å². The van der Waals surface area contributed by atoms with Gasteiger partial charge in [-0.25, -0.2) is 4.79 Å². The lowest BCUT2D eigenvalue weighted by molar-refractivity contribution is -0.127. The normalized spacial score (nSPS) is 24.9. The quantitative estimate of drug-likeness (QED) is 0.699. The second-order valence-electron chi connectivity index (χ2n) is 5.99. The number of guanidine groups is 1. The molecule has 2 aliphatic rings. The molecule has 3 N–H and O–H groups in total. The monoisotopic (exact) mass is 331 g/mol. The summed E-state index contributed by atoms with van der Waals surface area (Å²) in [5, 5.41) is 14.5. The summed E-state index contributed by atoms with van der Waals surface area (Å²) in [6, 6.07) is 7.01. The van der Waals surface area contributed by atoms with Crippen LogP contribution in [-0.4, -0.2) is 65.2 Å². The fourth-order valence-corrected chi connectivity index (χ4v) is 3.06. The third kappa shape index (κ3) is 2.92. The minimum Gasteiger partial charge on any atom is -0.394 e. The minimum absolute atomic E-state index is 0.0836. The van der Waals surface area contributed by atoms with Crippen molar-refractivity contribution in [3.63, 3.8) is 0 Å². The van der Waals surface area contributed by atoms with Gasteiger partial charge in [-0.1, -0.05) is 29.8 Å². The largest absolute Gasteiger partial charge is 0.394 e. The predicted octanol–water partition coefficient (Wildman–Crippen LogP) is -0.375. The van der Waals surface area contributed by atoms with E-state index in [1.54, 1.807) is 7.05 Å². The van der Waals surface area contributed by atoms with Crippen molar-refractivity contribution in [1.29, 1.82) is 0 Å². The van der Waals surface area contributed by atoms with Crippen LogP contribution in [0.15, 0.2) is 29.3 Å². The highest BCUT2D eigenvalue weighted by Crippen LogP contribution is 2.23. The van der Waals surface area contributed by atoms with E-state index >= 15 is 0 Å². The van der Waals surface area contributed by atoms with Crippen LogP contribution in [0.1, 0.15) is 11.1 Å². The average Bonchev–Trinajstić information content (AvgIpc) is 2.90. The molecule has 2 saturated heterocycles. The number of benzene rings is 1. The molecule has 2 heterocycles. The summed E-state index contributed by atoms with van der Waals surface area (Å²) in [4.78, 5) is 31.8. The Bertz CT molecular complexity index is 690. The summed E-state index contributed by atoms with van der Waals surface area (Å²) in [6.07, 6.45) is -0.478. The third-order valence-electron chi connectivity index (χ3n) is 4.22. The Morgan fingerprint density at radius 1 is 1.33 bits per heavy atom. The highest BCUT2D eigenvalue weighted by molar-refractivity contribution is 6.04. The molecule has 2 fully saturated rings. The van der Waals surface area contributed by atoms with Crippen molar-refractivity contribution in [1.82, 2.24) is 20.4 Å². The molecule has 24 heavy (non-hydrogen) atoms. The number of aryl methyl sites for hydroxylation is 1. The molecular formula is C16H21N5O3. The van der Waals surface area contributed by atoms with Crippen molar-refractivity contribution in [2.24, 2.45) is 4.99 Å². The number of rotatable bonds is 4. The van der Waals surface area contributed by atoms with E-state index in [2.05, 4.69) is 15.6 Å². The zero-order valence-corrected chi connectivity index (χ0v) is 13.7. The van der Waals surface area contributed by atoms with Crippen molar-refractivity contribution in [2.75, 3.05) is 20.2 Å². The van der Waals surface area contributed by atoms with E-state index in [0.717, 1.165) is 11.1 Å². The molecule has 2 aliphatic heterocycles. The number of nitrogens with zero attached hydrogens (tertiary/aromatic N) is 3. The first-order valence-electron chi connectivity index (χ1n) is 7.83. The first-order chi connectivity index (χ1) is 11.5. The molecule has 2 atom stereocenters. The summed E-state index contributed by atoms with van der Waals surface area (Å²) in [5.41, 5.74) is 2.17. The van der Waals surface area contributed by atoms with Gasteiger partial charge in [0.2, 0.25) is 0 Å². The standard InChI is InChI=1S/C16H21N5O3/c1-10-4-3-5-11(8-10)9-21-12-13(18-15(21)17-6-7-22)20(2)16(24)19-14(12)23/h3-5,8,12-13,22H,6-7,9H2,1-2H3,(H,17,18)(H,19,23,24). The van der Waals surface area contributed by atoms with Crippen molar-refractivity contribution < 1.29 is 14.7 Å². The summed E-state index contributed by atoms with van der Waals surface area (Å²) in [6.45, 7) is 2.63. The van der Waals surface area contributed by atoms with Gasteiger partial charge in [-0.2, -0.15) is 0 Å². The number of aliphatic hydroxyl groups is 1. The van der Waals surface area contributed by atoms with Gasteiger partial charge in [-0.05, 0) is 12.5 Å². The lowest BCUT2D eigenvalue weighted by atomic mass is 10.1. The number of carbonyl (C=O) groups excluding carboxylic acids is 2. The number of amides is 3. The zero-order chi connectivity index (χ0) is 17.3. The maximum absolute atomic E-state index is 12.4. The van der Waals surface area contributed by atoms with E-state index in [1.165, 1.54) is 4.90 Å². The second kappa shape index (κ2) is 6.48. The van der Waals surface area contributed by atoms with Crippen LogP contribution in [0.2, 0.25) is 0 Å². The molecule has 3 amide bonds. The Balaban J connectivity index is 1.92. The van der Waals surface area contributed by atoms with Crippen LogP contribution in [0.25, 0.3) is 0 Å². The predicted molar refractivity (Wildman–Crippen MR) is 88.1 cm³/mol. The molecule has 1 aromatic rings. The third-order valence-corrected chi connectivity index (χ3v) is 4.22. The van der Waals surface area contributed by atoms with E-state index in [1.807, 2.05) is 36.1 Å². The van der Waals surface area contributed by atoms with Crippen LogP contribution in [0.4, 0.5) is 4.79 Å². The molecule has 0 saturated carbocycles. The molecule has 3 rings (SSSR count). The van der Waals surface area contributed by atoms with Gasteiger partial charge in [-0.15, -0.1) is 0 Å². The summed E-state index contributed by atoms with van der Waals surface area (Å²) in [5.74, 6) is 0.162. The van der Waals surface area contributed by atoms with Crippen LogP contribution in [0, 0.1) is 6.92 Å². The van der Waals surface area contributed by atoms with Crippen LogP contribution >= 0.6 is 0 Å². The molecular weight excluding hydrogens is 310 g/mol. The molecule has 2 unspecified atom stereocenters. The smallest absolute Gasteiger partial charge is 0.325 e. The Morgan fingerprint density at radius 3 is 2.83 bits per heavy atom. The van der Waals surface area contributed by atoms with Crippen molar-refractivity contribution >= 4 is 17.9 Å². The molecule has 0 radical (unpaired) electrons. The molecule has 0 aromatic heterocycles. The van der Waals surface area contributed by atoms with E-state index in [0.29, 0.717) is 12.5 Å². The average molecular weight is 331 g/mol. The number of aliphatic hydroxyl groups excluding tert-OH is 1. The van der Waals surface area contributed by atoms with Gasteiger partial charge < -0.3 is 20.2 Å². The summed E-state index contributed by atoms with van der Waals surface area (Å²) < 4.78 is 0. The van der Waals surface area contributed by atoms with E-state index in [9.17, 15) is 9.59 Å². The number of carbonyl (C=O) groups is 2. The first-order valence-corrected chi connectivity index (χ1v) is 7.83. The molecule has 128 valence electrons. The number of urea groups is 1. The SMILES string of the molecule is Cc1cccc(CN2C(=NCCO)NC3C2C(=O)NC(=O)N3C)c1. The van der Waals surface area contributed by atoms with Crippen molar-refractivity contribution in [3.8, 4) is 0 Å². The number of nitrogens with one attached hydrogen (secondary N) is 2. The molecule has 0 aliphatic carbocycles. The molecule has 8 heteroatoms. The fraction of sp³-hybridized carbons (Fsp3) is 0.438. The van der Waals surface area contributed by atoms with Crippen LogP contribution in [0.3, 0.4) is 0 Å². The van der Waals surface area contributed by atoms with Crippen LogP contribution < -0.4 is 10.6 Å². The van der Waals surface area contributed by atoms with Gasteiger partial charge in [0.15, 0.2) is 12.0 Å². The Morgan fingerprint density at radius 2 is 2.12 bits per heavy atom. The first kappa shape index (κ1) is 16.3. The number of aliphatic imine (C=N–C) groups is 1. The zero-order valence-electron chi connectivity index (χ0n) is 13.7. The fourth-order valence-electron chi connectivity index (χ4n) is 3.06. The molecule has 0 bridgehead atoms. The Hall–Kier alpha value is -2.61. The van der Waals surface area contributed by atoms with Gasteiger partial charge in [0.05, 0.1) is 13.2 Å². The van der Waals surface area contributed by atoms with Crippen molar-refractivity contribution in [2.45, 2.75) is 25.7 Å². The van der Waals surface area contributed by atoms with Gasteiger partial charge >= 0.3 is 6.03 Å². The maximum Gasteiger partial charge on any atom is 0.325 e. The van der Waals surface area contributed by atoms with Crippen LogP contribution in [0.5, 0.6) is 0 Å². The summed E-state index contributed by atoms with van der Waals surface area (Å²) >= 11 is 0. The molecule has 8 nitrogen and oxygen atoms in total. The highest BCUT2D eigenvalue weighted by atomic mass is 16.3. The Kier molecular flexibility index (Phi) is 4.39. The van der Waals surface area contributed by atoms with Crippen LogP contribution in [-0.2, 0) is 11.3 Å². The summed E-state index contributed by atoms with van der Waals surface area (Å²) in [7, 11) is 1.63. The lowest BCUT2D eigenvalue weighted by Gasteiger charge is -2.35. The second-order valence-corrected chi connectivity index (χ2v) is 5.99. The topological polar surface area (TPSA) is 97.3 Å². The van der Waals surface area contributed by atoms with E-state index in [4.69, 9.17) is 5.11 Å².